The summed E-state index contributed by atoms with van der Waals surface area (Å²) in [6, 6.07) is 0. The van der Waals surface area contributed by atoms with Crippen LogP contribution >= 0.6 is 0 Å². The van der Waals surface area contributed by atoms with Gasteiger partial charge in [0.2, 0.25) is 0 Å². The maximum Gasteiger partial charge on any atom is -0.0388 e. The summed E-state index contributed by atoms with van der Waals surface area (Å²) in [6.45, 7) is 2.60. The second-order valence-electron chi connectivity index (χ2n) is 10.3. The van der Waals surface area contributed by atoms with Gasteiger partial charge < -0.3 is 0 Å². The summed E-state index contributed by atoms with van der Waals surface area (Å²) in [5.74, 6) is 5.32. The Kier molecular flexibility index (Phi) is 8.68. The van der Waals surface area contributed by atoms with E-state index in [1.165, 1.54) is 51.4 Å². The lowest BCUT2D eigenvalue weighted by molar-refractivity contribution is 0.225. The van der Waals surface area contributed by atoms with E-state index in [2.05, 4.69) is 6.92 Å². The lowest BCUT2D eigenvalue weighted by atomic mass is 9.76. The fraction of sp³-hybridized carbons (Fsp3) is 1.00. The van der Waals surface area contributed by atoms with Gasteiger partial charge >= 0.3 is 0 Å². The van der Waals surface area contributed by atoms with Gasteiger partial charge in [0.15, 0.2) is 0 Å². The van der Waals surface area contributed by atoms with Crippen LogP contribution in [-0.4, -0.2) is 0 Å². The molecule has 0 nitrogen and oxygen atoms in total. The fourth-order valence-electron chi connectivity index (χ4n) is 6.52. The van der Waals surface area contributed by atoms with Crippen LogP contribution in [0.1, 0.15) is 129 Å². The van der Waals surface area contributed by atoms with Crippen molar-refractivity contribution in [2.24, 2.45) is 29.6 Å². The molecule has 3 aliphatic carbocycles. The zero-order valence-corrected chi connectivity index (χ0v) is 17.3. The Hall–Kier alpha value is 0. The van der Waals surface area contributed by atoms with E-state index < -0.39 is 0 Å². The monoisotopic (exact) mass is 346 g/mol. The highest BCUT2D eigenvalue weighted by Gasteiger charge is 2.25. The Bertz CT molecular complexity index is 306. The van der Waals surface area contributed by atoms with Crippen molar-refractivity contribution in [2.75, 3.05) is 0 Å². The minimum atomic E-state index is 1.00. The second-order valence-corrected chi connectivity index (χ2v) is 10.3. The molecule has 0 heterocycles. The molecule has 146 valence electrons. The van der Waals surface area contributed by atoms with Gasteiger partial charge in [-0.05, 0) is 36.0 Å². The predicted molar refractivity (Wildman–Crippen MR) is 111 cm³/mol. The normalized spacial score (nSPS) is 25.7. The summed E-state index contributed by atoms with van der Waals surface area (Å²) in [7, 11) is 0. The molecule has 0 N–H and O–H groups in total. The first-order valence-electron chi connectivity index (χ1n) is 12.3. The molecule has 0 aromatic heterocycles. The highest BCUT2D eigenvalue weighted by molar-refractivity contribution is 4.77. The molecule has 0 aromatic rings. The first-order valence-corrected chi connectivity index (χ1v) is 12.3. The molecule has 3 fully saturated rings. The molecule has 0 aliphatic heterocycles. The third-order valence-electron chi connectivity index (χ3n) is 8.33. The van der Waals surface area contributed by atoms with E-state index in [1.807, 2.05) is 0 Å². The zero-order chi connectivity index (χ0) is 17.3. The molecule has 3 aliphatic rings. The zero-order valence-electron chi connectivity index (χ0n) is 17.3. The summed E-state index contributed by atoms with van der Waals surface area (Å²) in [6.07, 6.45) is 29.2. The fourth-order valence-corrected chi connectivity index (χ4v) is 6.52. The van der Waals surface area contributed by atoms with E-state index in [0.717, 1.165) is 29.6 Å². The number of rotatable bonds is 9. The van der Waals surface area contributed by atoms with Crippen molar-refractivity contribution in [3.8, 4) is 0 Å². The third kappa shape index (κ3) is 6.91. The van der Waals surface area contributed by atoms with E-state index >= 15 is 0 Å². The summed E-state index contributed by atoms with van der Waals surface area (Å²) in [4.78, 5) is 0. The van der Waals surface area contributed by atoms with Crippen LogP contribution in [0.5, 0.6) is 0 Å². The van der Waals surface area contributed by atoms with Gasteiger partial charge in [0.05, 0.1) is 0 Å². The Morgan fingerprint density at radius 1 is 0.600 bits per heavy atom. The Balaban J connectivity index is 1.44. The number of hydrogen-bond acceptors (Lipinski definition) is 0. The minimum Gasteiger partial charge on any atom is -0.0622 e. The molecule has 3 saturated carbocycles. The molecule has 0 heteroatoms. The molecule has 0 bridgehead atoms. The summed E-state index contributed by atoms with van der Waals surface area (Å²) in [5, 5.41) is 0. The van der Waals surface area contributed by atoms with Gasteiger partial charge in [0.1, 0.15) is 0 Å². The third-order valence-corrected chi connectivity index (χ3v) is 8.33. The maximum absolute atomic E-state index is 2.60. The van der Waals surface area contributed by atoms with Gasteiger partial charge in [-0.3, -0.25) is 0 Å². The molecule has 0 amide bonds. The average molecular weight is 347 g/mol. The molecule has 1 atom stereocenters. The highest BCUT2D eigenvalue weighted by Crippen LogP contribution is 2.38. The predicted octanol–water partition coefficient (Wildman–Crippen LogP) is 8.54. The van der Waals surface area contributed by atoms with Crippen molar-refractivity contribution < 1.29 is 0 Å². The van der Waals surface area contributed by atoms with Gasteiger partial charge in [0.25, 0.3) is 0 Å². The Morgan fingerprint density at radius 3 is 1.52 bits per heavy atom. The minimum absolute atomic E-state index is 1.00. The van der Waals surface area contributed by atoms with Crippen molar-refractivity contribution in [2.45, 2.75) is 129 Å². The quantitative estimate of drug-likeness (QED) is 0.392. The van der Waals surface area contributed by atoms with E-state index in [9.17, 15) is 0 Å². The molecule has 3 rings (SSSR count). The van der Waals surface area contributed by atoms with E-state index in [4.69, 9.17) is 0 Å². The van der Waals surface area contributed by atoms with Gasteiger partial charge in [-0.1, -0.05) is 122 Å². The van der Waals surface area contributed by atoms with Gasteiger partial charge in [-0.25, -0.2) is 0 Å². The van der Waals surface area contributed by atoms with Crippen LogP contribution in [-0.2, 0) is 0 Å². The van der Waals surface area contributed by atoms with Gasteiger partial charge in [-0.15, -0.1) is 0 Å². The Morgan fingerprint density at radius 2 is 1.04 bits per heavy atom. The van der Waals surface area contributed by atoms with Crippen molar-refractivity contribution >= 4 is 0 Å². The van der Waals surface area contributed by atoms with Crippen LogP contribution in [0.2, 0.25) is 0 Å². The average Bonchev–Trinajstić information content (AvgIpc) is 3.20. The highest BCUT2D eigenvalue weighted by atomic mass is 14.3. The van der Waals surface area contributed by atoms with Crippen molar-refractivity contribution in [1.29, 1.82) is 0 Å². The lowest BCUT2D eigenvalue weighted by Crippen LogP contribution is -2.17. The summed E-state index contributed by atoms with van der Waals surface area (Å²) < 4.78 is 0. The van der Waals surface area contributed by atoms with Crippen molar-refractivity contribution in [3.05, 3.63) is 0 Å². The molecule has 0 saturated heterocycles. The SMILES string of the molecule is CC(CC(CCC1CCCCC1)CCC1CCCCC1)C1CCCC1. The molecule has 25 heavy (non-hydrogen) atoms. The first-order chi connectivity index (χ1) is 12.3. The van der Waals surface area contributed by atoms with Crippen LogP contribution in [0.4, 0.5) is 0 Å². The standard InChI is InChI=1S/C25H46/c1-21(25-14-8-9-15-25)20-24(18-16-22-10-4-2-5-11-22)19-17-23-12-6-3-7-13-23/h21-25H,2-20H2,1H3. The topological polar surface area (TPSA) is 0 Å². The van der Waals surface area contributed by atoms with Crippen LogP contribution in [0, 0.1) is 29.6 Å². The maximum atomic E-state index is 2.60. The Labute approximate surface area is 158 Å². The van der Waals surface area contributed by atoms with Crippen LogP contribution in [0.3, 0.4) is 0 Å². The second kappa shape index (κ2) is 11.0. The molecular formula is C25H46. The van der Waals surface area contributed by atoms with Crippen LogP contribution in [0.25, 0.3) is 0 Å². The van der Waals surface area contributed by atoms with Crippen molar-refractivity contribution in [3.63, 3.8) is 0 Å². The van der Waals surface area contributed by atoms with Gasteiger partial charge in [-0.2, -0.15) is 0 Å². The first kappa shape index (κ1) is 19.8. The summed E-state index contributed by atoms with van der Waals surface area (Å²) in [5.41, 5.74) is 0. The molecule has 0 spiro atoms. The van der Waals surface area contributed by atoms with E-state index in [-0.39, 0.29) is 0 Å². The molecule has 1 unspecified atom stereocenters. The van der Waals surface area contributed by atoms with Crippen LogP contribution < -0.4 is 0 Å². The molecule has 0 aromatic carbocycles. The molecular weight excluding hydrogens is 300 g/mol. The largest absolute Gasteiger partial charge is 0.0622 e. The van der Waals surface area contributed by atoms with E-state index in [1.54, 1.807) is 70.6 Å². The number of hydrogen-bond donors (Lipinski definition) is 0. The smallest absolute Gasteiger partial charge is 0.0388 e. The van der Waals surface area contributed by atoms with Crippen LogP contribution in [0.15, 0.2) is 0 Å². The van der Waals surface area contributed by atoms with Gasteiger partial charge in [0, 0.05) is 0 Å². The van der Waals surface area contributed by atoms with E-state index in [0.29, 0.717) is 0 Å². The summed E-state index contributed by atoms with van der Waals surface area (Å²) >= 11 is 0. The lowest BCUT2D eigenvalue weighted by Gasteiger charge is -2.29. The van der Waals surface area contributed by atoms with Crippen molar-refractivity contribution in [1.82, 2.24) is 0 Å². The molecule has 0 radical (unpaired) electrons.